The summed E-state index contributed by atoms with van der Waals surface area (Å²) in [6, 6.07) is 7.85. The highest BCUT2D eigenvalue weighted by Gasteiger charge is 2.16. The Labute approximate surface area is 157 Å². The normalized spacial score (nSPS) is 10.1. The number of rotatable bonds is 7. The molecule has 2 rings (SSSR count). The topological polar surface area (TPSA) is 106 Å². The smallest absolute Gasteiger partial charge is 0.255 e. The van der Waals surface area contributed by atoms with Crippen molar-refractivity contribution in [2.75, 3.05) is 32.0 Å². The highest BCUT2D eigenvalue weighted by molar-refractivity contribution is 6.05. The summed E-state index contributed by atoms with van der Waals surface area (Å²) in [6.07, 6.45) is 0. The lowest BCUT2D eigenvalue weighted by Gasteiger charge is -2.15. The molecule has 3 N–H and O–H groups in total. The summed E-state index contributed by atoms with van der Waals surface area (Å²) < 4.78 is 15.8. The molecule has 0 aliphatic rings. The first-order valence-electron chi connectivity index (χ1n) is 8.06. The highest BCUT2D eigenvalue weighted by atomic mass is 16.5. The van der Waals surface area contributed by atoms with Crippen LogP contribution in [0.25, 0.3) is 0 Å². The van der Waals surface area contributed by atoms with Crippen molar-refractivity contribution >= 4 is 23.2 Å². The predicted octanol–water partition coefficient (Wildman–Crippen LogP) is 2.42. The summed E-state index contributed by atoms with van der Waals surface area (Å²) in [5.74, 6) is 0.522. The van der Waals surface area contributed by atoms with Crippen LogP contribution in [0, 0.1) is 0 Å². The van der Waals surface area contributed by atoms with Crippen LogP contribution in [-0.4, -0.2) is 38.3 Å². The van der Waals surface area contributed by atoms with E-state index in [0.717, 1.165) is 0 Å². The fourth-order valence-corrected chi connectivity index (χ4v) is 2.52. The molecule has 0 bridgehead atoms. The number of nitrogens with one attached hydrogen (secondary N) is 2. The third kappa shape index (κ3) is 4.68. The van der Waals surface area contributed by atoms with Gasteiger partial charge in [0.2, 0.25) is 11.7 Å². The molecule has 2 aromatic rings. The molecule has 0 unspecified atom stereocenters. The van der Waals surface area contributed by atoms with Crippen LogP contribution in [-0.2, 0) is 11.4 Å². The number of hydrogen-bond donors (Lipinski definition) is 3. The highest BCUT2D eigenvalue weighted by Crippen LogP contribution is 2.40. The molecule has 0 saturated carbocycles. The lowest BCUT2D eigenvalue weighted by molar-refractivity contribution is -0.114. The summed E-state index contributed by atoms with van der Waals surface area (Å²) in [7, 11) is 4.46. The van der Waals surface area contributed by atoms with E-state index in [1.807, 2.05) is 0 Å². The quantitative estimate of drug-likeness (QED) is 0.687. The molecule has 0 atom stereocenters. The summed E-state index contributed by atoms with van der Waals surface area (Å²) in [5.41, 5.74) is 1.64. The number of anilines is 2. The Bertz CT molecular complexity index is 825. The van der Waals surface area contributed by atoms with Crippen LogP contribution in [0.4, 0.5) is 11.4 Å². The number of ether oxygens (including phenoxy) is 3. The van der Waals surface area contributed by atoms with Gasteiger partial charge in [0.05, 0.1) is 27.9 Å². The zero-order chi connectivity index (χ0) is 20.0. The van der Waals surface area contributed by atoms with E-state index in [1.54, 1.807) is 24.3 Å². The molecule has 27 heavy (non-hydrogen) atoms. The van der Waals surface area contributed by atoms with Crippen LogP contribution in [0.5, 0.6) is 17.2 Å². The lowest BCUT2D eigenvalue weighted by atomic mass is 10.1. The van der Waals surface area contributed by atoms with Crippen molar-refractivity contribution in [3.05, 3.63) is 41.5 Å². The van der Waals surface area contributed by atoms with Crippen molar-refractivity contribution in [3.8, 4) is 17.2 Å². The molecular weight excluding hydrogens is 352 g/mol. The Morgan fingerprint density at radius 2 is 1.59 bits per heavy atom. The van der Waals surface area contributed by atoms with Crippen LogP contribution in [0.15, 0.2) is 30.3 Å². The number of aliphatic hydroxyl groups is 1. The molecule has 0 heterocycles. The van der Waals surface area contributed by atoms with Crippen LogP contribution in [0.1, 0.15) is 22.8 Å². The summed E-state index contributed by atoms with van der Waals surface area (Å²) >= 11 is 0. The van der Waals surface area contributed by atoms with E-state index < -0.39 is 5.91 Å². The van der Waals surface area contributed by atoms with E-state index in [0.29, 0.717) is 39.8 Å². The van der Waals surface area contributed by atoms with Gasteiger partial charge in [0, 0.05) is 41.6 Å². The van der Waals surface area contributed by atoms with E-state index in [-0.39, 0.29) is 12.5 Å². The Morgan fingerprint density at radius 1 is 0.963 bits per heavy atom. The first kappa shape index (κ1) is 20.1. The van der Waals surface area contributed by atoms with Gasteiger partial charge in [-0.25, -0.2) is 0 Å². The second-order valence-corrected chi connectivity index (χ2v) is 5.58. The molecule has 8 heteroatoms. The maximum Gasteiger partial charge on any atom is 0.255 e. The summed E-state index contributed by atoms with van der Waals surface area (Å²) in [5, 5.41) is 14.7. The van der Waals surface area contributed by atoms with E-state index in [4.69, 9.17) is 14.2 Å². The van der Waals surface area contributed by atoms with Crippen LogP contribution >= 0.6 is 0 Å². The van der Waals surface area contributed by atoms with Crippen molar-refractivity contribution in [1.29, 1.82) is 0 Å². The SMILES string of the molecule is COc1cc(NC(=O)c2ccc(CO)c(NC(C)=O)c2)cc(OC)c1OC. The zero-order valence-electron chi connectivity index (χ0n) is 15.6. The largest absolute Gasteiger partial charge is 0.493 e. The first-order valence-corrected chi connectivity index (χ1v) is 8.06. The average molecular weight is 374 g/mol. The molecule has 0 saturated heterocycles. The van der Waals surface area contributed by atoms with Gasteiger partial charge in [0.1, 0.15) is 0 Å². The minimum Gasteiger partial charge on any atom is -0.493 e. The molecule has 8 nitrogen and oxygen atoms in total. The molecule has 0 aliphatic heterocycles. The molecule has 2 aromatic carbocycles. The van der Waals surface area contributed by atoms with Gasteiger partial charge in [0.15, 0.2) is 11.5 Å². The first-order chi connectivity index (χ1) is 12.9. The maximum absolute atomic E-state index is 12.6. The molecule has 0 fully saturated rings. The average Bonchev–Trinajstić information content (AvgIpc) is 2.66. The Morgan fingerprint density at radius 3 is 2.07 bits per heavy atom. The van der Waals surface area contributed by atoms with Gasteiger partial charge in [-0.3, -0.25) is 9.59 Å². The maximum atomic E-state index is 12.6. The molecule has 0 spiro atoms. The van der Waals surface area contributed by atoms with Crippen molar-refractivity contribution in [1.82, 2.24) is 0 Å². The van der Waals surface area contributed by atoms with Gasteiger partial charge in [-0.2, -0.15) is 0 Å². The van der Waals surface area contributed by atoms with E-state index in [2.05, 4.69) is 10.6 Å². The van der Waals surface area contributed by atoms with Crippen molar-refractivity contribution < 1.29 is 28.9 Å². The van der Waals surface area contributed by atoms with Gasteiger partial charge in [-0.05, 0) is 12.1 Å². The van der Waals surface area contributed by atoms with Gasteiger partial charge in [0.25, 0.3) is 5.91 Å². The molecule has 0 aromatic heterocycles. The second kappa shape index (κ2) is 8.91. The zero-order valence-corrected chi connectivity index (χ0v) is 15.6. The predicted molar refractivity (Wildman–Crippen MR) is 101 cm³/mol. The van der Waals surface area contributed by atoms with E-state index in [1.165, 1.54) is 34.3 Å². The Kier molecular flexibility index (Phi) is 6.62. The minimum absolute atomic E-state index is 0.260. The molecule has 144 valence electrons. The number of aliphatic hydroxyl groups excluding tert-OH is 1. The molecule has 0 aliphatic carbocycles. The third-order valence-electron chi connectivity index (χ3n) is 3.78. The van der Waals surface area contributed by atoms with Crippen molar-refractivity contribution in [2.45, 2.75) is 13.5 Å². The fraction of sp³-hybridized carbons (Fsp3) is 0.263. The van der Waals surface area contributed by atoms with Gasteiger partial charge in [-0.1, -0.05) is 6.07 Å². The monoisotopic (exact) mass is 374 g/mol. The number of carbonyl (C=O) groups is 2. The Balaban J connectivity index is 2.33. The number of amides is 2. The second-order valence-electron chi connectivity index (χ2n) is 5.58. The molecular formula is C19H22N2O6. The van der Waals surface area contributed by atoms with Crippen molar-refractivity contribution in [2.24, 2.45) is 0 Å². The fourth-order valence-electron chi connectivity index (χ4n) is 2.52. The third-order valence-corrected chi connectivity index (χ3v) is 3.78. The number of carbonyl (C=O) groups excluding carboxylic acids is 2. The van der Waals surface area contributed by atoms with E-state index in [9.17, 15) is 14.7 Å². The Hall–Kier alpha value is -3.26. The molecule has 2 amide bonds. The standard InChI is InChI=1S/C19H22N2O6/c1-11(23)20-15-7-12(5-6-13(15)10-22)19(24)21-14-8-16(25-2)18(27-4)17(9-14)26-3/h5-9,22H,10H2,1-4H3,(H,20,23)(H,21,24). The minimum atomic E-state index is -0.402. The van der Waals surface area contributed by atoms with Crippen LogP contribution in [0.2, 0.25) is 0 Å². The number of methoxy groups -OCH3 is 3. The van der Waals surface area contributed by atoms with Crippen molar-refractivity contribution in [3.63, 3.8) is 0 Å². The van der Waals surface area contributed by atoms with Gasteiger partial charge >= 0.3 is 0 Å². The summed E-state index contributed by atoms with van der Waals surface area (Å²) in [6.45, 7) is 1.09. The summed E-state index contributed by atoms with van der Waals surface area (Å²) in [4.78, 5) is 23.9. The number of benzene rings is 2. The van der Waals surface area contributed by atoms with Crippen LogP contribution in [0.3, 0.4) is 0 Å². The van der Waals surface area contributed by atoms with E-state index >= 15 is 0 Å². The lowest BCUT2D eigenvalue weighted by Crippen LogP contribution is -2.14. The molecule has 0 radical (unpaired) electrons. The van der Waals surface area contributed by atoms with Gasteiger partial charge < -0.3 is 30.0 Å². The van der Waals surface area contributed by atoms with Crippen LogP contribution < -0.4 is 24.8 Å². The van der Waals surface area contributed by atoms with Gasteiger partial charge in [-0.15, -0.1) is 0 Å². The number of hydrogen-bond acceptors (Lipinski definition) is 6.